The Balaban J connectivity index is 2.62. The summed E-state index contributed by atoms with van der Waals surface area (Å²) >= 11 is 0. The maximum Gasteiger partial charge on any atom is 0.147 e. The van der Waals surface area contributed by atoms with Crippen LogP contribution in [0.5, 0.6) is 0 Å². The minimum Gasteiger partial charge on any atom is -0.310 e. The molecular formula is C10H14N2O. The highest BCUT2D eigenvalue weighted by atomic mass is 16.1. The fraction of sp³-hybridized carbons (Fsp3) is 0.400. The third-order valence-corrected chi connectivity index (χ3v) is 2.00. The van der Waals surface area contributed by atoms with Gasteiger partial charge in [0.25, 0.3) is 0 Å². The highest BCUT2D eigenvalue weighted by molar-refractivity contribution is 5.81. The summed E-state index contributed by atoms with van der Waals surface area (Å²) in [5.41, 5.74) is 1.08. The molecular weight excluding hydrogens is 164 g/mol. The number of rotatable bonds is 4. The lowest BCUT2D eigenvalue weighted by molar-refractivity contribution is -0.118. The highest BCUT2D eigenvalue weighted by Crippen LogP contribution is 2.01. The molecule has 1 aromatic heterocycles. The van der Waals surface area contributed by atoms with Crippen molar-refractivity contribution in [1.29, 1.82) is 0 Å². The van der Waals surface area contributed by atoms with Crippen molar-refractivity contribution >= 4 is 5.78 Å². The number of carbonyl (C=O) groups excluding carboxylic acids is 1. The number of hydrogen-bond donors (Lipinski definition) is 1. The molecule has 0 saturated heterocycles. The zero-order chi connectivity index (χ0) is 9.68. The highest BCUT2D eigenvalue weighted by Gasteiger charge is 2.11. The van der Waals surface area contributed by atoms with E-state index in [0.717, 1.165) is 5.56 Å². The first-order chi connectivity index (χ1) is 6.24. The van der Waals surface area contributed by atoms with Crippen molar-refractivity contribution in [3.05, 3.63) is 30.1 Å². The third kappa shape index (κ3) is 2.95. The lowest BCUT2D eigenvalue weighted by Crippen LogP contribution is -2.34. The van der Waals surface area contributed by atoms with Crippen molar-refractivity contribution in [2.24, 2.45) is 0 Å². The number of Topliss-reactive ketones (excluding diaryl/α,β-unsaturated/α-hetero) is 1. The maximum atomic E-state index is 11.1. The van der Waals surface area contributed by atoms with Crippen LogP contribution in [0.2, 0.25) is 0 Å². The van der Waals surface area contributed by atoms with E-state index in [9.17, 15) is 4.79 Å². The van der Waals surface area contributed by atoms with Gasteiger partial charge in [0.1, 0.15) is 5.78 Å². The van der Waals surface area contributed by atoms with E-state index in [0.29, 0.717) is 6.42 Å². The molecule has 1 heterocycles. The molecule has 13 heavy (non-hydrogen) atoms. The van der Waals surface area contributed by atoms with Crippen LogP contribution < -0.4 is 5.32 Å². The Labute approximate surface area is 78.2 Å². The quantitative estimate of drug-likeness (QED) is 0.741. The van der Waals surface area contributed by atoms with Gasteiger partial charge in [0, 0.05) is 12.4 Å². The molecule has 1 rings (SSSR count). The van der Waals surface area contributed by atoms with Crippen molar-refractivity contribution in [2.75, 3.05) is 7.05 Å². The standard InChI is InChI=1S/C10H14N2O/c1-8(13)10(11-2)6-9-4-3-5-12-7-9/h3-5,7,10-11H,6H2,1-2H3. The molecule has 1 aromatic rings. The van der Waals surface area contributed by atoms with Gasteiger partial charge in [0.05, 0.1) is 6.04 Å². The predicted octanol–water partition coefficient (Wildman–Crippen LogP) is 0.801. The van der Waals surface area contributed by atoms with E-state index in [-0.39, 0.29) is 11.8 Å². The normalized spacial score (nSPS) is 12.5. The molecule has 0 aliphatic carbocycles. The van der Waals surface area contributed by atoms with Crippen molar-refractivity contribution in [2.45, 2.75) is 19.4 Å². The molecule has 0 bridgehead atoms. The van der Waals surface area contributed by atoms with Gasteiger partial charge < -0.3 is 5.32 Å². The minimum atomic E-state index is -0.0933. The first kappa shape index (κ1) is 9.86. The first-order valence-electron chi connectivity index (χ1n) is 4.30. The Morgan fingerprint density at radius 2 is 2.46 bits per heavy atom. The van der Waals surface area contributed by atoms with Crippen LogP contribution in [0.4, 0.5) is 0 Å². The van der Waals surface area contributed by atoms with Crippen LogP contribution in [0.3, 0.4) is 0 Å². The number of nitrogens with zero attached hydrogens (tertiary/aromatic N) is 1. The van der Waals surface area contributed by atoms with Gasteiger partial charge in [0.2, 0.25) is 0 Å². The zero-order valence-corrected chi connectivity index (χ0v) is 7.95. The van der Waals surface area contributed by atoms with Crippen LogP contribution in [0.15, 0.2) is 24.5 Å². The lowest BCUT2D eigenvalue weighted by Gasteiger charge is -2.11. The van der Waals surface area contributed by atoms with Gasteiger partial charge in [-0.05, 0) is 32.0 Å². The van der Waals surface area contributed by atoms with Crippen molar-refractivity contribution in [1.82, 2.24) is 10.3 Å². The zero-order valence-electron chi connectivity index (χ0n) is 7.95. The van der Waals surface area contributed by atoms with Crippen molar-refractivity contribution in [3.63, 3.8) is 0 Å². The number of aromatic nitrogens is 1. The van der Waals surface area contributed by atoms with Crippen LogP contribution in [0, 0.1) is 0 Å². The Morgan fingerprint density at radius 3 is 2.92 bits per heavy atom. The molecule has 1 N–H and O–H groups in total. The molecule has 0 spiro atoms. The Bertz CT molecular complexity index is 272. The summed E-state index contributed by atoms with van der Waals surface area (Å²) in [7, 11) is 1.79. The summed E-state index contributed by atoms with van der Waals surface area (Å²) in [6.07, 6.45) is 4.22. The monoisotopic (exact) mass is 178 g/mol. The van der Waals surface area contributed by atoms with Crippen LogP contribution in [-0.4, -0.2) is 23.9 Å². The van der Waals surface area contributed by atoms with E-state index in [1.54, 1.807) is 26.4 Å². The average Bonchev–Trinajstić information content (AvgIpc) is 2.15. The van der Waals surface area contributed by atoms with Gasteiger partial charge in [-0.2, -0.15) is 0 Å². The average molecular weight is 178 g/mol. The fourth-order valence-electron chi connectivity index (χ4n) is 1.20. The van der Waals surface area contributed by atoms with Gasteiger partial charge in [-0.1, -0.05) is 6.07 Å². The van der Waals surface area contributed by atoms with E-state index in [4.69, 9.17) is 0 Å². The lowest BCUT2D eigenvalue weighted by atomic mass is 10.1. The Kier molecular flexibility index (Phi) is 3.58. The van der Waals surface area contributed by atoms with E-state index in [1.165, 1.54) is 0 Å². The summed E-state index contributed by atoms with van der Waals surface area (Å²) in [5, 5.41) is 2.97. The molecule has 1 unspecified atom stereocenters. The van der Waals surface area contributed by atoms with Gasteiger partial charge in [-0.25, -0.2) is 0 Å². The van der Waals surface area contributed by atoms with Crippen molar-refractivity contribution in [3.8, 4) is 0 Å². The Morgan fingerprint density at radius 1 is 1.69 bits per heavy atom. The molecule has 0 radical (unpaired) electrons. The fourth-order valence-corrected chi connectivity index (χ4v) is 1.20. The second-order valence-electron chi connectivity index (χ2n) is 3.02. The minimum absolute atomic E-state index is 0.0933. The number of pyridine rings is 1. The number of likely N-dealkylation sites (N-methyl/N-ethyl adjacent to an activating group) is 1. The van der Waals surface area contributed by atoms with Gasteiger partial charge in [-0.15, -0.1) is 0 Å². The summed E-state index contributed by atoms with van der Waals surface area (Å²) in [4.78, 5) is 15.1. The van der Waals surface area contributed by atoms with Crippen LogP contribution in [0.25, 0.3) is 0 Å². The first-order valence-corrected chi connectivity index (χ1v) is 4.30. The molecule has 0 aliphatic rings. The summed E-state index contributed by atoms with van der Waals surface area (Å²) in [6, 6.07) is 3.76. The molecule has 3 heteroatoms. The molecule has 0 amide bonds. The van der Waals surface area contributed by atoms with Gasteiger partial charge in [0.15, 0.2) is 0 Å². The van der Waals surface area contributed by atoms with E-state index in [1.807, 2.05) is 12.1 Å². The summed E-state index contributed by atoms with van der Waals surface area (Å²) in [5.74, 6) is 0.159. The maximum absolute atomic E-state index is 11.1. The van der Waals surface area contributed by atoms with E-state index >= 15 is 0 Å². The molecule has 0 fully saturated rings. The van der Waals surface area contributed by atoms with Gasteiger partial charge >= 0.3 is 0 Å². The number of carbonyl (C=O) groups is 1. The molecule has 0 aliphatic heterocycles. The summed E-state index contributed by atoms with van der Waals surface area (Å²) < 4.78 is 0. The van der Waals surface area contributed by atoms with E-state index in [2.05, 4.69) is 10.3 Å². The smallest absolute Gasteiger partial charge is 0.147 e. The molecule has 1 atom stereocenters. The largest absolute Gasteiger partial charge is 0.310 e. The second-order valence-corrected chi connectivity index (χ2v) is 3.02. The second kappa shape index (κ2) is 4.72. The molecule has 70 valence electrons. The number of nitrogens with one attached hydrogen (secondary N) is 1. The van der Waals surface area contributed by atoms with Crippen LogP contribution in [0.1, 0.15) is 12.5 Å². The molecule has 3 nitrogen and oxygen atoms in total. The topological polar surface area (TPSA) is 42.0 Å². The van der Waals surface area contributed by atoms with E-state index < -0.39 is 0 Å². The van der Waals surface area contributed by atoms with Gasteiger partial charge in [-0.3, -0.25) is 9.78 Å². The SMILES string of the molecule is CNC(Cc1cccnc1)C(C)=O. The number of hydrogen-bond acceptors (Lipinski definition) is 3. The Hall–Kier alpha value is -1.22. The number of ketones is 1. The molecule has 0 saturated carbocycles. The predicted molar refractivity (Wildman–Crippen MR) is 51.5 cm³/mol. The third-order valence-electron chi connectivity index (χ3n) is 2.00. The molecule has 0 aromatic carbocycles. The van der Waals surface area contributed by atoms with Crippen LogP contribution >= 0.6 is 0 Å². The summed E-state index contributed by atoms with van der Waals surface area (Å²) in [6.45, 7) is 1.59. The van der Waals surface area contributed by atoms with Crippen molar-refractivity contribution < 1.29 is 4.79 Å². The van der Waals surface area contributed by atoms with Crippen LogP contribution in [-0.2, 0) is 11.2 Å².